The lowest BCUT2D eigenvalue weighted by atomic mass is 10.3. The lowest BCUT2D eigenvalue weighted by molar-refractivity contribution is 0.223. The third-order valence-corrected chi connectivity index (χ3v) is 2.73. The number of rotatable bonds is 6. The van der Waals surface area contributed by atoms with E-state index in [9.17, 15) is 0 Å². The molecular weight excluding hydrogens is 254 g/mol. The average Bonchev–Trinajstić information content (AvgIpc) is 2.47. The number of hydrogen-bond donors (Lipinski definition) is 1. The maximum absolute atomic E-state index is 5.84. The van der Waals surface area contributed by atoms with Crippen molar-refractivity contribution in [2.24, 2.45) is 0 Å². The van der Waals surface area contributed by atoms with Crippen LogP contribution < -0.4 is 14.8 Å². The van der Waals surface area contributed by atoms with Crippen molar-refractivity contribution in [1.29, 1.82) is 0 Å². The van der Waals surface area contributed by atoms with Gasteiger partial charge in [0, 0.05) is 12.4 Å². The Kier molecular flexibility index (Phi) is 4.76. The van der Waals surface area contributed by atoms with Gasteiger partial charge in [0.15, 0.2) is 11.5 Å². The van der Waals surface area contributed by atoms with Crippen LogP contribution in [0.1, 0.15) is 12.5 Å². The Bertz CT molecular complexity index is 543. The van der Waals surface area contributed by atoms with Crippen molar-refractivity contribution in [3.8, 4) is 11.5 Å². The first-order valence-electron chi connectivity index (χ1n) is 6.51. The Morgan fingerprint density at radius 3 is 2.45 bits per heavy atom. The van der Waals surface area contributed by atoms with Gasteiger partial charge in [-0.25, -0.2) is 9.97 Å². The number of hydrogen-bond acceptors (Lipinski definition) is 5. The van der Waals surface area contributed by atoms with Gasteiger partial charge in [-0.3, -0.25) is 0 Å². The van der Waals surface area contributed by atoms with Crippen LogP contribution in [0.25, 0.3) is 0 Å². The fraction of sp³-hybridized carbons (Fsp3) is 0.333. The minimum absolute atomic E-state index is 0.0313. The molecule has 0 fully saturated rings. The van der Waals surface area contributed by atoms with Gasteiger partial charge < -0.3 is 14.8 Å². The van der Waals surface area contributed by atoms with E-state index < -0.39 is 0 Å². The van der Waals surface area contributed by atoms with Crippen LogP contribution in [0.5, 0.6) is 11.5 Å². The predicted octanol–water partition coefficient (Wildman–Crippen LogP) is 2.67. The number of aromatic nitrogens is 2. The Hall–Kier alpha value is -2.30. The monoisotopic (exact) mass is 273 g/mol. The fourth-order valence-electron chi connectivity index (χ4n) is 1.69. The normalized spacial score (nSPS) is 11.8. The van der Waals surface area contributed by atoms with Gasteiger partial charge in [0.2, 0.25) is 5.95 Å². The highest BCUT2D eigenvalue weighted by Crippen LogP contribution is 2.26. The van der Waals surface area contributed by atoms with Gasteiger partial charge in [-0.2, -0.15) is 0 Å². The molecule has 0 aliphatic carbocycles. The van der Waals surface area contributed by atoms with Gasteiger partial charge in [-0.05, 0) is 31.5 Å². The molecule has 0 saturated carbocycles. The number of para-hydroxylation sites is 2. The molecule has 2 aromatic rings. The Morgan fingerprint density at radius 2 is 1.80 bits per heavy atom. The van der Waals surface area contributed by atoms with Gasteiger partial charge in [0.25, 0.3) is 0 Å². The molecule has 0 amide bonds. The number of nitrogens with one attached hydrogen (secondary N) is 1. The average molecular weight is 273 g/mol. The van der Waals surface area contributed by atoms with Crippen LogP contribution in [0.4, 0.5) is 5.95 Å². The van der Waals surface area contributed by atoms with Crippen molar-refractivity contribution in [3.05, 3.63) is 42.2 Å². The summed E-state index contributed by atoms with van der Waals surface area (Å²) in [6.07, 6.45) is 3.53. The summed E-state index contributed by atoms with van der Waals surface area (Å²) in [5.74, 6) is 2.06. The van der Waals surface area contributed by atoms with E-state index in [-0.39, 0.29) is 6.10 Å². The quantitative estimate of drug-likeness (QED) is 0.877. The molecule has 1 N–H and O–H groups in total. The van der Waals surface area contributed by atoms with Crippen LogP contribution in [-0.4, -0.2) is 29.7 Å². The third kappa shape index (κ3) is 3.85. The summed E-state index contributed by atoms with van der Waals surface area (Å²) in [6.45, 7) is 4.55. The minimum Gasteiger partial charge on any atom is -0.493 e. The second-order valence-electron chi connectivity index (χ2n) is 4.54. The summed E-state index contributed by atoms with van der Waals surface area (Å²) in [5, 5.41) is 3.14. The molecule has 0 aliphatic rings. The molecular formula is C15H19N3O2. The number of methoxy groups -OCH3 is 1. The molecule has 1 aromatic heterocycles. The van der Waals surface area contributed by atoms with Crippen molar-refractivity contribution in [2.45, 2.75) is 20.0 Å². The molecule has 1 aromatic carbocycles. The van der Waals surface area contributed by atoms with E-state index in [4.69, 9.17) is 9.47 Å². The number of ether oxygens (including phenoxy) is 2. The first kappa shape index (κ1) is 14.1. The molecule has 20 heavy (non-hydrogen) atoms. The number of aryl methyl sites for hydroxylation is 1. The van der Waals surface area contributed by atoms with E-state index in [0.717, 1.165) is 17.1 Å². The molecule has 0 aliphatic heterocycles. The van der Waals surface area contributed by atoms with Gasteiger partial charge in [-0.1, -0.05) is 12.1 Å². The highest BCUT2D eigenvalue weighted by atomic mass is 16.5. The predicted molar refractivity (Wildman–Crippen MR) is 78.3 cm³/mol. The first-order chi connectivity index (χ1) is 9.69. The van der Waals surface area contributed by atoms with E-state index in [1.54, 1.807) is 19.5 Å². The van der Waals surface area contributed by atoms with Gasteiger partial charge in [0.1, 0.15) is 6.10 Å². The fourth-order valence-corrected chi connectivity index (χ4v) is 1.69. The van der Waals surface area contributed by atoms with E-state index in [1.807, 2.05) is 38.1 Å². The standard InChI is InChI=1S/C15H19N3O2/c1-11-8-16-15(17-9-11)18-10-12(2)20-14-7-5-4-6-13(14)19-3/h4-9,12H,10H2,1-3H3,(H,16,17,18). The molecule has 5 heteroatoms. The van der Waals surface area contributed by atoms with E-state index in [2.05, 4.69) is 15.3 Å². The molecule has 0 radical (unpaired) electrons. The number of benzene rings is 1. The highest BCUT2D eigenvalue weighted by molar-refractivity contribution is 5.39. The summed E-state index contributed by atoms with van der Waals surface area (Å²) in [6, 6.07) is 7.59. The molecule has 5 nitrogen and oxygen atoms in total. The van der Waals surface area contributed by atoms with Crippen LogP contribution in [-0.2, 0) is 0 Å². The second-order valence-corrected chi connectivity index (χ2v) is 4.54. The molecule has 0 saturated heterocycles. The summed E-state index contributed by atoms with van der Waals surface area (Å²) in [7, 11) is 1.63. The molecule has 1 heterocycles. The first-order valence-corrected chi connectivity index (χ1v) is 6.51. The maximum atomic E-state index is 5.84. The summed E-state index contributed by atoms with van der Waals surface area (Å²) >= 11 is 0. The van der Waals surface area contributed by atoms with Crippen LogP contribution in [0, 0.1) is 6.92 Å². The van der Waals surface area contributed by atoms with Gasteiger partial charge in [-0.15, -0.1) is 0 Å². The Balaban J connectivity index is 1.89. The SMILES string of the molecule is COc1ccccc1OC(C)CNc1ncc(C)cn1. The maximum Gasteiger partial charge on any atom is 0.222 e. The molecule has 1 atom stereocenters. The largest absolute Gasteiger partial charge is 0.493 e. The van der Waals surface area contributed by atoms with Crippen molar-refractivity contribution < 1.29 is 9.47 Å². The molecule has 2 rings (SSSR count). The zero-order chi connectivity index (χ0) is 14.4. The van der Waals surface area contributed by atoms with E-state index >= 15 is 0 Å². The van der Waals surface area contributed by atoms with Gasteiger partial charge in [0.05, 0.1) is 13.7 Å². The lowest BCUT2D eigenvalue weighted by Crippen LogP contribution is -2.23. The second kappa shape index (κ2) is 6.75. The van der Waals surface area contributed by atoms with Crippen LogP contribution >= 0.6 is 0 Å². The highest BCUT2D eigenvalue weighted by Gasteiger charge is 2.08. The topological polar surface area (TPSA) is 56.3 Å². The van der Waals surface area contributed by atoms with Crippen LogP contribution in [0.2, 0.25) is 0 Å². The molecule has 0 bridgehead atoms. The van der Waals surface area contributed by atoms with E-state index in [0.29, 0.717) is 12.5 Å². The Morgan fingerprint density at radius 1 is 1.15 bits per heavy atom. The van der Waals surface area contributed by atoms with Crippen molar-refractivity contribution in [2.75, 3.05) is 19.0 Å². The molecule has 106 valence electrons. The van der Waals surface area contributed by atoms with Crippen LogP contribution in [0.15, 0.2) is 36.7 Å². The van der Waals surface area contributed by atoms with E-state index in [1.165, 1.54) is 0 Å². The number of nitrogens with zero attached hydrogens (tertiary/aromatic N) is 2. The van der Waals surface area contributed by atoms with Crippen LogP contribution in [0.3, 0.4) is 0 Å². The summed E-state index contributed by atoms with van der Waals surface area (Å²) in [4.78, 5) is 8.38. The molecule has 1 unspecified atom stereocenters. The van der Waals surface area contributed by atoms with Crippen molar-refractivity contribution in [1.82, 2.24) is 9.97 Å². The van der Waals surface area contributed by atoms with Gasteiger partial charge >= 0.3 is 0 Å². The zero-order valence-electron chi connectivity index (χ0n) is 12.0. The summed E-state index contributed by atoms with van der Waals surface area (Å²) < 4.78 is 11.1. The minimum atomic E-state index is -0.0313. The summed E-state index contributed by atoms with van der Waals surface area (Å²) in [5.41, 5.74) is 1.04. The van der Waals surface area contributed by atoms with Crippen molar-refractivity contribution >= 4 is 5.95 Å². The lowest BCUT2D eigenvalue weighted by Gasteiger charge is -2.17. The zero-order valence-corrected chi connectivity index (χ0v) is 12.0. The number of anilines is 1. The third-order valence-electron chi connectivity index (χ3n) is 2.73. The smallest absolute Gasteiger partial charge is 0.222 e. The van der Waals surface area contributed by atoms with Crippen molar-refractivity contribution in [3.63, 3.8) is 0 Å². The molecule has 0 spiro atoms. The Labute approximate surface area is 119 Å².